The first kappa shape index (κ1) is 18.3. The maximum absolute atomic E-state index is 13.1. The zero-order chi connectivity index (χ0) is 19.8. The third-order valence-corrected chi connectivity index (χ3v) is 6.53. The average molecular weight is 407 g/mol. The van der Waals surface area contributed by atoms with Crippen LogP contribution in [0.25, 0.3) is 10.9 Å². The van der Waals surface area contributed by atoms with Gasteiger partial charge in [0.05, 0.1) is 5.52 Å². The Balaban J connectivity index is 1.34. The van der Waals surface area contributed by atoms with Crippen molar-refractivity contribution in [2.45, 2.75) is 19.1 Å². The summed E-state index contributed by atoms with van der Waals surface area (Å²) in [5.74, 6) is 0.110. The van der Waals surface area contributed by atoms with E-state index < -0.39 is 6.04 Å². The Morgan fingerprint density at radius 3 is 2.83 bits per heavy atom. The van der Waals surface area contributed by atoms with Gasteiger partial charge in [-0.25, -0.2) is 0 Å². The molecule has 0 saturated carbocycles. The third kappa shape index (κ3) is 3.52. The van der Waals surface area contributed by atoms with E-state index in [1.165, 1.54) is 5.56 Å². The Kier molecular flexibility index (Phi) is 4.77. The lowest BCUT2D eigenvalue weighted by molar-refractivity contribution is -0.160. The zero-order valence-corrected chi connectivity index (χ0v) is 16.8. The highest BCUT2D eigenvalue weighted by atomic mass is 32.1. The molecule has 1 aromatic carbocycles. The Morgan fingerprint density at radius 1 is 1.07 bits per heavy atom. The minimum absolute atomic E-state index is 0.0545. The van der Waals surface area contributed by atoms with E-state index in [-0.39, 0.29) is 18.4 Å². The number of carbonyl (C=O) groups is 2. The summed E-state index contributed by atoms with van der Waals surface area (Å²) in [6.45, 7) is 3.38. The molecule has 2 saturated heterocycles. The summed E-state index contributed by atoms with van der Waals surface area (Å²) in [5.41, 5.74) is 3.27. The van der Waals surface area contributed by atoms with E-state index in [9.17, 15) is 9.59 Å². The molecule has 0 N–H and O–H groups in total. The number of aromatic nitrogens is 1. The van der Waals surface area contributed by atoms with Gasteiger partial charge in [-0.1, -0.05) is 18.2 Å². The second-order valence-corrected chi connectivity index (χ2v) is 8.43. The van der Waals surface area contributed by atoms with Crippen molar-refractivity contribution in [3.8, 4) is 0 Å². The normalized spacial score (nSPS) is 20.3. The van der Waals surface area contributed by atoms with Gasteiger partial charge < -0.3 is 9.80 Å². The van der Waals surface area contributed by atoms with Crippen molar-refractivity contribution in [2.75, 3.05) is 26.2 Å². The molecule has 2 fully saturated rings. The van der Waals surface area contributed by atoms with Gasteiger partial charge in [-0.3, -0.25) is 19.5 Å². The molecule has 6 nitrogen and oxygen atoms in total. The SMILES string of the molecule is O=C1C2CN(Cc3ccnc4ccccc34)CCN2C(=O)CN1Cc1ccsc1. The number of hydrogen-bond donors (Lipinski definition) is 0. The first-order valence-corrected chi connectivity index (χ1v) is 10.8. The summed E-state index contributed by atoms with van der Waals surface area (Å²) in [6, 6.07) is 11.8. The van der Waals surface area contributed by atoms with Crippen LogP contribution in [0, 0.1) is 0 Å². The molecule has 2 aliphatic heterocycles. The molecule has 0 radical (unpaired) electrons. The number of nitrogens with zero attached hydrogens (tertiary/aromatic N) is 4. The smallest absolute Gasteiger partial charge is 0.247 e. The number of benzene rings is 1. The average Bonchev–Trinajstić information content (AvgIpc) is 3.25. The van der Waals surface area contributed by atoms with E-state index in [2.05, 4.69) is 16.0 Å². The van der Waals surface area contributed by atoms with Crippen molar-refractivity contribution >= 4 is 34.1 Å². The van der Waals surface area contributed by atoms with Gasteiger partial charge in [-0.15, -0.1) is 0 Å². The molecule has 1 atom stereocenters. The van der Waals surface area contributed by atoms with Gasteiger partial charge in [-0.2, -0.15) is 11.3 Å². The molecule has 3 aromatic rings. The van der Waals surface area contributed by atoms with Crippen LogP contribution in [0.5, 0.6) is 0 Å². The first-order chi connectivity index (χ1) is 14.2. The fourth-order valence-corrected chi connectivity index (χ4v) is 4.97. The predicted molar refractivity (Wildman–Crippen MR) is 112 cm³/mol. The van der Waals surface area contributed by atoms with Gasteiger partial charge in [-0.05, 0) is 40.1 Å². The molecule has 0 spiro atoms. The zero-order valence-electron chi connectivity index (χ0n) is 16.0. The van der Waals surface area contributed by atoms with Crippen LogP contribution >= 0.6 is 11.3 Å². The van der Waals surface area contributed by atoms with Crippen molar-refractivity contribution in [2.24, 2.45) is 0 Å². The van der Waals surface area contributed by atoms with E-state index in [1.807, 2.05) is 47.3 Å². The number of rotatable bonds is 4. The highest BCUT2D eigenvalue weighted by Crippen LogP contribution is 2.23. The minimum Gasteiger partial charge on any atom is -0.327 e. The van der Waals surface area contributed by atoms with Crippen molar-refractivity contribution in [3.63, 3.8) is 0 Å². The Labute approximate surface area is 173 Å². The lowest BCUT2D eigenvalue weighted by Gasteiger charge is -2.46. The number of hydrogen-bond acceptors (Lipinski definition) is 5. The van der Waals surface area contributed by atoms with Gasteiger partial charge in [0.15, 0.2) is 0 Å². The molecule has 2 aliphatic rings. The molecule has 7 heteroatoms. The number of para-hydroxylation sites is 1. The standard InChI is InChI=1S/C22H22N4O2S/c27-21-14-25(11-16-6-10-29-15-16)22(28)20-13-24(8-9-26(20)21)12-17-5-7-23-19-4-2-1-3-18(17)19/h1-7,10,15,20H,8-9,11-14H2. The van der Waals surface area contributed by atoms with Crippen LogP contribution in [-0.2, 0) is 22.7 Å². The van der Waals surface area contributed by atoms with Gasteiger partial charge in [0.1, 0.15) is 12.6 Å². The van der Waals surface area contributed by atoms with Gasteiger partial charge in [0.25, 0.3) is 0 Å². The van der Waals surface area contributed by atoms with Crippen LogP contribution < -0.4 is 0 Å². The highest BCUT2D eigenvalue weighted by Gasteiger charge is 2.42. The molecule has 4 heterocycles. The highest BCUT2D eigenvalue weighted by molar-refractivity contribution is 7.07. The Bertz CT molecular complexity index is 1050. The van der Waals surface area contributed by atoms with Crippen LogP contribution in [0.3, 0.4) is 0 Å². The topological polar surface area (TPSA) is 56.8 Å². The number of carbonyl (C=O) groups excluding carboxylic acids is 2. The van der Waals surface area contributed by atoms with E-state index in [0.29, 0.717) is 19.6 Å². The summed E-state index contributed by atoms with van der Waals surface area (Å²) in [4.78, 5) is 36.0. The summed E-state index contributed by atoms with van der Waals surface area (Å²) >= 11 is 1.61. The van der Waals surface area contributed by atoms with Crippen molar-refractivity contribution < 1.29 is 9.59 Å². The summed E-state index contributed by atoms with van der Waals surface area (Å²) in [6.07, 6.45) is 1.84. The quantitative estimate of drug-likeness (QED) is 0.668. The largest absolute Gasteiger partial charge is 0.327 e. The maximum atomic E-state index is 13.1. The second kappa shape index (κ2) is 7.57. The molecule has 0 bridgehead atoms. The molecule has 2 aromatic heterocycles. The second-order valence-electron chi connectivity index (χ2n) is 7.65. The fourth-order valence-electron chi connectivity index (χ4n) is 4.31. The van der Waals surface area contributed by atoms with E-state index in [1.54, 1.807) is 21.1 Å². The molecule has 148 valence electrons. The lowest BCUT2D eigenvalue weighted by atomic mass is 10.0. The summed E-state index contributed by atoms with van der Waals surface area (Å²) < 4.78 is 0. The van der Waals surface area contributed by atoms with Crippen LogP contribution in [0.4, 0.5) is 0 Å². The molecule has 2 amide bonds. The predicted octanol–water partition coefficient (Wildman–Crippen LogP) is 2.35. The molecule has 0 aliphatic carbocycles. The van der Waals surface area contributed by atoms with Crippen LogP contribution in [0.15, 0.2) is 53.4 Å². The van der Waals surface area contributed by atoms with Gasteiger partial charge in [0.2, 0.25) is 11.8 Å². The maximum Gasteiger partial charge on any atom is 0.247 e. The van der Waals surface area contributed by atoms with Crippen LogP contribution in [-0.4, -0.2) is 63.7 Å². The number of fused-ring (bicyclic) bond motifs is 2. The van der Waals surface area contributed by atoms with E-state index in [4.69, 9.17) is 0 Å². The minimum atomic E-state index is -0.392. The number of piperazine rings is 2. The Morgan fingerprint density at radius 2 is 1.97 bits per heavy atom. The summed E-state index contributed by atoms with van der Waals surface area (Å²) in [7, 11) is 0. The van der Waals surface area contributed by atoms with E-state index in [0.717, 1.165) is 29.6 Å². The summed E-state index contributed by atoms with van der Waals surface area (Å²) in [5, 5.41) is 5.17. The molecular formula is C22H22N4O2S. The third-order valence-electron chi connectivity index (χ3n) is 5.79. The first-order valence-electron chi connectivity index (χ1n) is 9.83. The van der Waals surface area contributed by atoms with Gasteiger partial charge in [0, 0.05) is 44.3 Å². The number of amides is 2. The molecule has 5 rings (SSSR count). The van der Waals surface area contributed by atoms with Crippen LogP contribution in [0.1, 0.15) is 11.1 Å². The molecular weight excluding hydrogens is 384 g/mol. The Hall–Kier alpha value is -2.77. The van der Waals surface area contributed by atoms with Crippen molar-refractivity contribution in [1.82, 2.24) is 19.7 Å². The molecule has 1 unspecified atom stereocenters. The van der Waals surface area contributed by atoms with Crippen LogP contribution in [0.2, 0.25) is 0 Å². The fraction of sp³-hybridized carbons (Fsp3) is 0.318. The van der Waals surface area contributed by atoms with E-state index >= 15 is 0 Å². The van der Waals surface area contributed by atoms with Gasteiger partial charge >= 0.3 is 0 Å². The lowest BCUT2D eigenvalue weighted by Crippen LogP contribution is -2.66. The number of thiophene rings is 1. The number of pyridine rings is 1. The van der Waals surface area contributed by atoms with Crippen molar-refractivity contribution in [3.05, 3.63) is 64.5 Å². The molecule has 29 heavy (non-hydrogen) atoms. The van der Waals surface area contributed by atoms with Crippen molar-refractivity contribution in [1.29, 1.82) is 0 Å². The monoisotopic (exact) mass is 406 g/mol.